The Morgan fingerprint density at radius 2 is 1.75 bits per heavy atom. The Bertz CT molecular complexity index is 561. The van der Waals surface area contributed by atoms with Crippen molar-refractivity contribution in [3.63, 3.8) is 0 Å². The number of amides is 1. The van der Waals surface area contributed by atoms with Crippen LogP contribution in [0.25, 0.3) is 0 Å². The van der Waals surface area contributed by atoms with Crippen molar-refractivity contribution in [1.29, 1.82) is 0 Å². The molecule has 0 saturated heterocycles. The van der Waals surface area contributed by atoms with E-state index in [-0.39, 0.29) is 12.5 Å². The Hall–Kier alpha value is -2.27. The molecule has 0 bridgehead atoms. The average molecular weight is 274 g/mol. The number of hydrogen-bond donors (Lipinski definition) is 3. The van der Waals surface area contributed by atoms with Gasteiger partial charge < -0.3 is 20.2 Å². The van der Waals surface area contributed by atoms with Gasteiger partial charge in [0.15, 0.2) is 0 Å². The van der Waals surface area contributed by atoms with E-state index in [1.165, 1.54) is 0 Å². The SMILES string of the molecule is CCC(=O)Nc1ccc(NCc2ccc(CO)o2)cc1. The molecule has 1 amide bonds. The van der Waals surface area contributed by atoms with Gasteiger partial charge >= 0.3 is 0 Å². The highest BCUT2D eigenvalue weighted by Gasteiger charge is 2.02. The van der Waals surface area contributed by atoms with E-state index in [1.807, 2.05) is 37.3 Å². The molecule has 0 spiro atoms. The molecular formula is C15H18N2O3. The van der Waals surface area contributed by atoms with Crippen LogP contribution < -0.4 is 10.6 Å². The van der Waals surface area contributed by atoms with Gasteiger partial charge in [0.25, 0.3) is 0 Å². The van der Waals surface area contributed by atoms with Crippen LogP contribution in [0.2, 0.25) is 0 Å². The zero-order chi connectivity index (χ0) is 14.4. The summed E-state index contributed by atoms with van der Waals surface area (Å²) in [5.41, 5.74) is 1.71. The second-order valence-electron chi connectivity index (χ2n) is 4.36. The standard InChI is InChI=1S/C15H18N2O3/c1-2-15(19)17-12-5-3-11(4-6-12)16-9-13-7-8-14(10-18)20-13/h3-8,16,18H,2,9-10H2,1H3,(H,17,19). The van der Waals surface area contributed by atoms with Crippen molar-refractivity contribution in [3.8, 4) is 0 Å². The van der Waals surface area contributed by atoms with Crippen LogP contribution in [0.3, 0.4) is 0 Å². The van der Waals surface area contributed by atoms with E-state index in [9.17, 15) is 4.79 Å². The fourth-order valence-electron chi connectivity index (χ4n) is 1.71. The fourth-order valence-corrected chi connectivity index (χ4v) is 1.71. The minimum absolute atomic E-state index is 0.00201. The van der Waals surface area contributed by atoms with E-state index in [0.717, 1.165) is 17.1 Å². The molecule has 5 heteroatoms. The van der Waals surface area contributed by atoms with Gasteiger partial charge in [0, 0.05) is 17.8 Å². The van der Waals surface area contributed by atoms with Gasteiger partial charge in [-0.2, -0.15) is 0 Å². The van der Waals surface area contributed by atoms with Crippen molar-refractivity contribution in [3.05, 3.63) is 47.9 Å². The highest BCUT2D eigenvalue weighted by molar-refractivity contribution is 5.90. The van der Waals surface area contributed by atoms with E-state index < -0.39 is 0 Å². The smallest absolute Gasteiger partial charge is 0.224 e. The number of aliphatic hydroxyl groups excluding tert-OH is 1. The van der Waals surface area contributed by atoms with Crippen molar-refractivity contribution in [2.45, 2.75) is 26.5 Å². The number of rotatable bonds is 6. The first-order valence-corrected chi connectivity index (χ1v) is 6.53. The van der Waals surface area contributed by atoms with Gasteiger partial charge in [0.1, 0.15) is 18.1 Å². The topological polar surface area (TPSA) is 74.5 Å². The zero-order valence-electron chi connectivity index (χ0n) is 11.3. The Morgan fingerprint density at radius 1 is 1.10 bits per heavy atom. The Kier molecular flexibility index (Phi) is 4.79. The second-order valence-corrected chi connectivity index (χ2v) is 4.36. The van der Waals surface area contributed by atoms with Crippen molar-refractivity contribution in [1.82, 2.24) is 0 Å². The van der Waals surface area contributed by atoms with Crippen LogP contribution in [-0.4, -0.2) is 11.0 Å². The minimum atomic E-state index is -0.0914. The first-order valence-electron chi connectivity index (χ1n) is 6.53. The Labute approximate surface area is 117 Å². The Balaban J connectivity index is 1.88. The number of nitrogens with one attached hydrogen (secondary N) is 2. The van der Waals surface area contributed by atoms with Crippen LogP contribution in [0.4, 0.5) is 11.4 Å². The van der Waals surface area contributed by atoms with Crippen LogP contribution in [0.1, 0.15) is 24.9 Å². The first-order chi connectivity index (χ1) is 9.71. The summed E-state index contributed by atoms with van der Waals surface area (Å²) >= 11 is 0. The molecule has 1 heterocycles. The van der Waals surface area contributed by atoms with Gasteiger partial charge in [0.2, 0.25) is 5.91 Å². The molecule has 0 atom stereocenters. The summed E-state index contributed by atoms with van der Waals surface area (Å²) in [7, 11) is 0. The molecule has 106 valence electrons. The van der Waals surface area contributed by atoms with E-state index in [4.69, 9.17) is 9.52 Å². The van der Waals surface area contributed by atoms with Gasteiger partial charge in [-0.1, -0.05) is 6.92 Å². The predicted octanol–water partition coefficient (Wildman–Crippen LogP) is 2.73. The summed E-state index contributed by atoms with van der Waals surface area (Å²) in [6.07, 6.45) is 0.464. The maximum atomic E-state index is 11.2. The lowest BCUT2D eigenvalue weighted by atomic mass is 10.2. The summed E-state index contributed by atoms with van der Waals surface area (Å²) < 4.78 is 5.38. The van der Waals surface area contributed by atoms with Crippen LogP contribution in [0, 0.1) is 0 Å². The van der Waals surface area contributed by atoms with Gasteiger partial charge in [0.05, 0.1) is 6.54 Å². The molecule has 0 aliphatic heterocycles. The molecule has 3 N–H and O–H groups in total. The van der Waals surface area contributed by atoms with Crippen LogP contribution in [-0.2, 0) is 17.9 Å². The van der Waals surface area contributed by atoms with Crippen molar-refractivity contribution >= 4 is 17.3 Å². The molecule has 1 aromatic heterocycles. The predicted molar refractivity (Wildman–Crippen MR) is 77.3 cm³/mol. The molecule has 2 rings (SSSR count). The number of benzene rings is 1. The van der Waals surface area contributed by atoms with Gasteiger partial charge in [-0.15, -0.1) is 0 Å². The lowest BCUT2D eigenvalue weighted by Crippen LogP contribution is -2.09. The number of carbonyl (C=O) groups is 1. The number of aliphatic hydroxyl groups is 1. The summed E-state index contributed by atoms with van der Waals surface area (Å²) in [5.74, 6) is 1.31. The van der Waals surface area contributed by atoms with Crippen molar-refractivity contribution in [2.75, 3.05) is 10.6 Å². The van der Waals surface area contributed by atoms with Crippen LogP contribution in [0.5, 0.6) is 0 Å². The van der Waals surface area contributed by atoms with Gasteiger partial charge in [-0.05, 0) is 36.4 Å². The summed E-state index contributed by atoms with van der Waals surface area (Å²) in [6, 6.07) is 11.0. The molecule has 20 heavy (non-hydrogen) atoms. The molecule has 0 fully saturated rings. The fraction of sp³-hybridized carbons (Fsp3) is 0.267. The molecule has 0 saturated carbocycles. The van der Waals surface area contributed by atoms with E-state index >= 15 is 0 Å². The summed E-state index contributed by atoms with van der Waals surface area (Å²) in [5, 5.41) is 14.9. The lowest BCUT2D eigenvalue weighted by Gasteiger charge is -2.07. The third-order valence-electron chi connectivity index (χ3n) is 2.83. The molecule has 5 nitrogen and oxygen atoms in total. The monoisotopic (exact) mass is 274 g/mol. The van der Waals surface area contributed by atoms with Crippen molar-refractivity contribution < 1.29 is 14.3 Å². The minimum Gasteiger partial charge on any atom is -0.462 e. The number of hydrogen-bond acceptors (Lipinski definition) is 4. The Morgan fingerprint density at radius 3 is 2.35 bits per heavy atom. The van der Waals surface area contributed by atoms with E-state index in [1.54, 1.807) is 6.07 Å². The third kappa shape index (κ3) is 3.86. The number of anilines is 2. The molecule has 0 aliphatic rings. The first kappa shape index (κ1) is 14.1. The molecular weight excluding hydrogens is 256 g/mol. The molecule has 1 aromatic carbocycles. The van der Waals surface area contributed by atoms with E-state index in [2.05, 4.69) is 10.6 Å². The highest BCUT2D eigenvalue weighted by Crippen LogP contribution is 2.15. The van der Waals surface area contributed by atoms with Crippen molar-refractivity contribution in [2.24, 2.45) is 0 Å². The summed E-state index contributed by atoms with van der Waals surface area (Å²) in [6.45, 7) is 2.27. The summed E-state index contributed by atoms with van der Waals surface area (Å²) in [4.78, 5) is 11.2. The maximum absolute atomic E-state index is 11.2. The third-order valence-corrected chi connectivity index (χ3v) is 2.83. The molecule has 0 radical (unpaired) electrons. The number of furan rings is 1. The quantitative estimate of drug-likeness (QED) is 0.757. The lowest BCUT2D eigenvalue weighted by molar-refractivity contribution is -0.115. The molecule has 2 aromatic rings. The second kappa shape index (κ2) is 6.77. The number of carbonyl (C=O) groups excluding carboxylic acids is 1. The average Bonchev–Trinajstić information content (AvgIpc) is 2.94. The molecule has 0 unspecified atom stereocenters. The molecule has 0 aliphatic carbocycles. The van der Waals surface area contributed by atoms with Gasteiger partial charge in [-0.3, -0.25) is 4.79 Å². The van der Waals surface area contributed by atoms with Gasteiger partial charge in [-0.25, -0.2) is 0 Å². The van der Waals surface area contributed by atoms with E-state index in [0.29, 0.717) is 18.7 Å². The van der Waals surface area contributed by atoms with Crippen LogP contribution in [0.15, 0.2) is 40.8 Å². The van der Waals surface area contributed by atoms with Crippen LogP contribution >= 0.6 is 0 Å². The largest absolute Gasteiger partial charge is 0.462 e. The highest BCUT2D eigenvalue weighted by atomic mass is 16.4. The maximum Gasteiger partial charge on any atom is 0.224 e. The zero-order valence-corrected chi connectivity index (χ0v) is 11.3. The normalized spacial score (nSPS) is 10.3.